The Hall–Kier alpha value is -1.93. The number of nitrogens with zero attached hydrogens (tertiary/aromatic N) is 2. The summed E-state index contributed by atoms with van der Waals surface area (Å²) in [7, 11) is -3.77. The first-order valence-corrected chi connectivity index (χ1v) is 10.7. The van der Waals surface area contributed by atoms with E-state index in [0.29, 0.717) is 24.3 Å². The molecule has 1 atom stereocenters. The number of aryl methyl sites for hydroxylation is 2. The Morgan fingerprint density at radius 1 is 1.42 bits per heavy atom. The van der Waals surface area contributed by atoms with Gasteiger partial charge in [0.15, 0.2) is 0 Å². The summed E-state index contributed by atoms with van der Waals surface area (Å²) in [6, 6.07) is 4.96. The van der Waals surface area contributed by atoms with Gasteiger partial charge in [0, 0.05) is 25.4 Å². The van der Waals surface area contributed by atoms with Crippen LogP contribution in [0.25, 0.3) is 11.0 Å². The molecule has 1 aliphatic carbocycles. The van der Waals surface area contributed by atoms with Crippen LogP contribution in [0.2, 0.25) is 0 Å². The van der Waals surface area contributed by atoms with E-state index in [1.807, 2.05) is 0 Å². The smallest absolute Gasteiger partial charge is 0.238 e. The Bertz CT molecular complexity index is 916. The zero-order valence-corrected chi connectivity index (χ0v) is 16.1. The zero-order chi connectivity index (χ0) is 18.9. The lowest BCUT2D eigenvalue weighted by atomic mass is 10.2. The molecule has 1 aliphatic rings. The average Bonchev–Trinajstić information content (AvgIpc) is 3.36. The number of primary sulfonamides is 1. The highest BCUT2D eigenvalue weighted by molar-refractivity contribution is 7.89. The average molecular weight is 378 g/mol. The van der Waals surface area contributed by atoms with Gasteiger partial charge in [-0.1, -0.05) is 6.92 Å². The van der Waals surface area contributed by atoms with Crippen LogP contribution < -0.4 is 10.5 Å². The van der Waals surface area contributed by atoms with Crippen LogP contribution in [0.5, 0.6) is 0 Å². The molecule has 1 amide bonds. The van der Waals surface area contributed by atoms with Crippen molar-refractivity contribution < 1.29 is 13.2 Å². The quantitative estimate of drug-likeness (QED) is 0.732. The molecule has 1 fully saturated rings. The topological polar surface area (TPSA) is 107 Å². The van der Waals surface area contributed by atoms with Gasteiger partial charge in [-0.2, -0.15) is 0 Å². The molecule has 3 rings (SSSR count). The van der Waals surface area contributed by atoms with Crippen LogP contribution in [0.4, 0.5) is 0 Å². The molecule has 7 nitrogen and oxygen atoms in total. The van der Waals surface area contributed by atoms with Gasteiger partial charge >= 0.3 is 0 Å². The third kappa shape index (κ3) is 4.24. The molecule has 26 heavy (non-hydrogen) atoms. The third-order valence-corrected chi connectivity index (χ3v) is 5.78. The second-order valence-corrected chi connectivity index (χ2v) is 8.63. The predicted octanol–water partition coefficient (Wildman–Crippen LogP) is 1.94. The SMILES string of the molecule is CCCn1c(CCC(=O)NC(C)C2CC2)nc2cc(S(N)(=O)=O)ccc21. The van der Waals surface area contributed by atoms with Gasteiger partial charge in [-0.25, -0.2) is 18.5 Å². The van der Waals surface area contributed by atoms with Crippen LogP contribution in [-0.2, 0) is 27.8 Å². The normalized spacial score (nSPS) is 16.0. The summed E-state index contributed by atoms with van der Waals surface area (Å²) >= 11 is 0. The van der Waals surface area contributed by atoms with Gasteiger partial charge in [-0.3, -0.25) is 4.79 Å². The van der Waals surface area contributed by atoms with Gasteiger partial charge in [-0.05, 0) is 50.3 Å². The van der Waals surface area contributed by atoms with Gasteiger partial charge in [-0.15, -0.1) is 0 Å². The summed E-state index contributed by atoms with van der Waals surface area (Å²) in [4.78, 5) is 16.8. The number of imidazole rings is 1. The summed E-state index contributed by atoms with van der Waals surface area (Å²) in [5, 5.41) is 8.26. The Kier molecular flexibility index (Phi) is 5.34. The second kappa shape index (κ2) is 7.36. The molecule has 0 radical (unpaired) electrons. The largest absolute Gasteiger partial charge is 0.353 e. The maximum absolute atomic E-state index is 12.2. The van der Waals surface area contributed by atoms with Gasteiger partial charge in [0.05, 0.1) is 15.9 Å². The number of hydrogen-bond acceptors (Lipinski definition) is 4. The van der Waals surface area contributed by atoms with Crippen molar-refractivity contribution >= 4 is 27.0 Å². The first kappa shape index (κ1) is 18.8. The Labute approximate surface area is 154 Å². The molecule has 0 spiro atoms. The first-order valence-electron chi connectivity index (χ1n) is 9.11. The molecule has 1 heterocycles. The predicted molar refractivity (Wildman–Crippen MR) is 100 cm³/mol. The number of benzene rings is 1. The molecule has 2 aromatic rings. The number of hydrogen-bond donors (Lipinski definition) is 2. The standard InChI is InChI=1S/C18H26N4O3S/c1-3-10-22-16-7-6-14(26(19,24)25)11-15(16)21-17(22)8-9-18(23)20-12(2)13-4-5-13/h6-7,11-13H,3-5,8-10H2,1-2H3,(H,20,23)(H2,19,24,25). The lowest BCUT2D eigenvalue weighted by molar-refractivity contribution is -0.121. The number of carbonyl (C=O) groups excluding carboxylic acids is 1. The highest BCUT2D eigenvalue weighted by Crippen LogP contribution is 2.32. The summed E-state index contributed by atoms with van der Waals surface area (Å²) in [5.41, 5.74) is 1.45. The molecule has 0 aliphatic heterocycles. The lowest BCUT2D eigenvalue weighted by Gasteiger charge is -2.13. The molecule has 8 heteroatoms. The van der Waals surface area contributed by atoms with Gasteiger partial charge in [0.2, 0.25) is 15.9 Å². The minimum Gasteiger partial charge on any atom is -0.353 e. The maximum atomic E-state index is 12.2. The zero-order valence-electron chi connectivity index (χ0n) is 15.2. The van der Waals surface area contributed by atoms with Gasteiger partial charge in [0.1, 0.15) is 5.82 Å². The fourth-order valence-corrected chi connectivity index (χ4v) is 3.80. The molecular weight excluding hydrogens is 352 g/mol. The minimum atomic E-state index is -3.77. The Morgan fingerprint density at radius 3 is 2.77 bits per heavy atom. The van der Waals surface area contributed by atoms with E-state index in [-0.39, 0.29) is 16.8 Å². The molecule has 1 unspecified atom stereocenters. The summed E-state index contributed by atoms with van der Waals surface area (Å²) in [6.45, 7) is 4.88. The van der Waals surface area contributed by atoms with Crippen LogP contribution in [0.1, 0.15) is 45.4 Å². The molecule has 1 saturated carbocycles. The van der Waals surface area contributed by atoms with E-state index in [2.05, 4.69) is 28.7 Å². The van der Waals surface area contributed by atoms with Crippen molar-refractivity contribution in [3.8, 4) is 0 Å². The molecule has 0 saturated heterocycles. The highest BCUT2D eigenvalue weighted by Gasteiger charge is 2.28. The van der Waals surface area contributed by atoms with E-state index in [1.54, 1.807) is 6.07 Å². The fourth-order valence-electron chi connectivity index (χ4n) is 3.27. The van der Waals surface area contributed by atoms with E-state index in [4.69, 9.17) is 5.14 Å². The lowest BCUT2D eigenvalue weighted by Crippen LogP contribution is -2.34. The van der Waals surface area contributed by atoms with E-state index in [0.717, 1.165) is 24.3 Å². The monoisotopic (exact) mass is 378 g/mol. The van der Waals surface area contributed by atoms with Gasteiger partial charge < -0.3 is 9.88 Å². The number of fused-ring (bicyclic) bond motifs is 1. The molecule has 3 N–H and O–H groups in total. The fraction of sp³-hybridized carbons (Fsp3) is 0.556. The number of amides is 1. The van der Waals surface area contributed by atoms with Crippen LogP contribution in [0.15, 0.2) is 23.1 Å². The summed E-state index contributed by atoms with van der Waals surface area (Å²) < 4.78 is 25.2. The van der Waals surface area contributed by atoms with Crippen molar-refractivity contribution in [3.05, 3.63) is 24.0 Å². The molecule has 1 aromatic carbocycles. The van der Waals surface area contributed by atoms with E-state index < -0.39 is 10.0 Å². The van der Waals surface area contributed by atoms with E-state index >= 15 is 0 Å². The van der Waals surface area contributed by atoms with Crippen molar-refractivity contribution in [2.75, 3.05) is 0 Å². The molecule has 1 aromatic heterocycles. The number of sulfonamides is 1. The van der Waals surface area contributed by atoms with Crippen LogP contribution in [0, 0.1) is 5.92 Å². The van der Waals surface area contributed by atoms with Crippen LogP contribution in [-0.4, -0.2) is 29.9 Å². The van der Waals surface area contributed by atoms with Gasteiger partial charge in [0.25, 0.3) is 0 Å². The van der Waals surface area contributed by atoms with Crippen molar-refractivity contribution in [1.29, 1.82) is 0 Å². The summed E-state index contributed by atoms with van der Waals surface area (Å²) in [6.07, 6.45) is 4.19. The van der Waals surface area contributed by atoms with E-state index in [1.165, 1.54) is 25.0 Å². The summed E-state index contributed by atoms with van der Waals surface area (Å²) in [5.74, 6) is 1.45. The van der Waals surface area contributed by atoms with Crippen molar-refractivity contribution in [2.24, 2.45) is 11.1 Å². The molecular formula is C18H26N4O3S. The second-order valence-electron chi connectivity index (χ2n) is 7.07. The number of aromatic nitrogens is 2. The van der Waals surface area contributed by atoms with Crippen molar-refractivity contribution in [3.63, 3.8) is 0 Å². The van der Waals surface area contributed by atoms with Crippen molar-refractivity contribution in [2.45, 2.75) is 63.4 Å². The van der Waals surface area contributed by atoms with E-state index in [9.17, 15) is 13.2 Å². The minimum absolute atomic E-state index is 0.0322. The maximum Gasteiger partial charge on any atom is 0.238 e. The van der Waals surface area contributed by atoms with Crippen molar-refractivity contribution in [1.82, 2.24) is 14.9 Å². The number of rotatable bonds is 8. The first-order chi connectivity index (χ1) is 12.3. The number of carbonyl (C=O) groups is 1. The third-order valence-electron chi connectivity index (χ3n) is 4.87. The Balaban J connectivity index is 1.79. The highest BCUT2D eigenvalue weighted by atomic mass is 32.2. The number of nitrogens with one attached hydrogen (secondary N) is 1. The number of nitrogens with two attached hydrogens (primary N) is 1. The van der Waals surface area contributed by atoms with Crippen LogP contribution >= 0.6 is 0 Å². The Morgan fingerprint density at radius 2 is 2.15 bits per heavy atom. The molecule has 0 bridgehead atoms. The van der Waals surface area contributed by atoms with Crippen LogP contribution in [0.3, 0.4) is 0 Å². The molecule has 142 valence electrons.